The summed E-state index contributed by atoms with van der Waals surface area (Å²) in [5.74, 6) is -1.66. The summed E-state index contributed by atoms with van der Waals surface area (Å²) in [6.07, 6.45) is 3.00. The van der Waals surface area contributed by atoms with Gasteiger partial charge in [0.25, 0.3) is 0 Å². The number of imide groups is 1. The molecule has 6 nitrogen and oxygen atoms in total. The number of ketones is 1. The maximum Gasteiger partial charge on any atom is 0.338 e. The van der Waals surface area contributed by atoms with E-state index in [-0.39, 0.29) is 34.8 Å². The highest BCUT2D eigenvalue weighted by Gasteiger charge is 2.61. The molecule has 2 aromatic carbocycles. The molecule has 31 heavy (non-hydrogen) atoms. The number of esters is 1. The average molecular weight is 421 g/mol. The quantitative estimate of drug-likeness (QED) is 0.420. The normalized spacial score (nSPS) is 26.3. The molecule has 0 N–H and O–H groups in total. The fourth-order valence-electron chi connectivity index (χ4n) is 5.34. The van der Waals surface area contributed by atoms with Crippen molar-refractivity contribution >= 4 is 29.3 Å². The smallest absolute Gasteiger partial charge is 0.338 e. The van der Waals surface area contributed by atoms with Crippen molar-refractivity contribution in [3.05, 3.63) is 65.5 Å². The maximum absolute atomic E-state index is 12.9. The fraction of sp³-hybridized carbons (Fsp3) is 0.333. The summed E-state index contributed by atoms with van der Waals surface area (Å²) in [7, 11) is 0. The number of Topliss-reactive ketones (excluding diaryl/α,β-unsaturated/α-hetero) is 1. The molecule has 4 atom stereocenters. The minimum atomic E-state index is -0.698. The number of rotatable bonds is 5. The zero-order chi connectivity index (χ0) is 21.7. The highest BCUT2D eigenvalue weighted by molar-refractivity contribution is 6.22. The minimum Gasteiger partial charge on any atom is -0.454 e. The van der Waals surface area contributed by atoms with Crippen LogP contribution in [-0.4, -0.2) is 30.2 Å². The van der Waals surface area contributed by atoms with E-state index >= 15 is 0 Å². The summed E-state index contributed by atoms with van der Waals surface area (Å²) in [6.45, 7) is -0.471. The number of fused-ring (bicyclic) bond motifs is 5. The van der Waals surface area contributed by atoms with Gasteiger partial charge in [-0.3, -0.25) is 19.3 Å². The largest absolute Gasteiger partial charge is 0.454 e. The Labute approximate surface area is 178 Å². The van der Waals surface area contributed by atoms with Crippen LogP contribution >= 0.6 is 0 Å². The number of ether oxygens (including phenoxy) is 1. The van der Waals surface area contributed by atoms with Gasteiger partial charge < -0.3 is 4.74 Å². The van der Waals surface area contributed by atoms with Crippen LogP contribution in [-0.2, 0) is 14.3 Å². The summed E-state index contributed by atoms with van der Waals surface area (Å²) in [6, 6.07) is 11.0. The summed E-state index contributed by atoms with van der Waals surface area (Å²) in [5.41, 5.74) is 0.896. The van der Waals surface area contributed by atoms with E-state index < -0.39 is 24.2 Å². The van der Waals surface area contributed by atoms with Crippen molar-refractivity contribution in [1.29, 1.82) is 0 Å². The monoisotopic (exact) mass is 421 g/mol. The number of amides is 2. The van der Waals surface area contributed by atoms with Gasteiger partial charge in [-0.1, -0.05) is 0 Å². The molecule has 0 radical (unpaired) electrons. The second-order valence-electron chi connectivity index (χ2n) is 8.45. The van der Waals surface area contributed by atoms with Gasteiger partial charge in [0, 0.05) is 5.56 Å². The first-order valence-corrected chi connectivity index (χ1v) is 10.4. The van der Waals surface area contributed by atoms with Crippen molar-refractivity contribution in [3.8, 4) is 0 Å². The van der Waals surface area contributed by atoms with E-state index in [1.165, 1.54) is 29.2 Å². The van der Waals surface area contributed by atoms with Crippen LogP contribution in [0, 0.1) is 29.5 Å². The Morgan fingerprint density at radius 2 is 1.42 bits per heavy atom. The Morgan fingerprint density at radius 3 is 2.00 bits per heavy atom. The molecule has 7 heteroatoms. The number of carbonyl (C=O) groups excluding carboxylic acids is 4. The van der Waals surface area contributed by atoms with E-state index in [0.717, 1.165) is 31.4 Å². The SMILES string of the molecule is O=C(COC(=O)c1ccc(N2C(=O)[C@@H]3[C@H]4CC[C@@H](C4)[C@H]3C2=O)cc1)c1ccc(F)cc1. The molecular formula is C24H20FNO5. The van der Waals surface area contributed by atoms with E-state index in [1.54, 1.807) is 12.1 Å². The van der Waals surface area contributed by atoms with Gasteiger partial charge >= 0.3 is 5.97 Å². The summed E-state index contributed by atoms with van der Waals surface area (Å²) in [4.78, 5) is 51.4. The second-order valence-corrected chi connectivity index (χ2v) is 8.45. The van der Waals surface area contributed by atoms with Crippen LogP contribution in [0.5, 0.6) is 0 Å². The molecule has 2 aromatic rings. The van der Waals surface area contributed by atoms with Gasteiger partial charge in [-0.05, 0) is 79.6 Å². The molecule has 3 aliphatic rings. The van der Waals surface area contributed by atoms with Crippen molar-refractivity contribution in [1.82, 2.24) is 0 Å². The van der Waals surface area contributed by atoms with Crippen molar-refractivity contribution in [2.75, 3.05) is 11.5 Å². The maximum atomic E-state index is 12.9. The highest BCUT2D eigenvalue weighted by atomic mass is 19.1. The van der Waals surface area contributed by atoms with Crippen LogP contribution in [0.15, 0.2) is 48.5 Å². The van der Waals surface area contributed by atoms with Gasteiger partial charge in [-0.2, -0.15) is 0 Å². The lowest BCUT2D eigenvalue weighted by molar-refractivity contribution is -0.123. The van der Waals surface area contributed by atoms with Crippen LogP contribution in [0.4, 0.5) is 10.1 Å². The lowest BCUT2D eigenvalue weighted by Crippen LogP contribution is -2.32. The van der Waals surface area contributed by atoms with Crippen molar-refractivity contribution < 1.29 is 28.3 Å². The van der Waals surface area contributed by atoms with Crippen LogP contribution in [0.2, 0.25) is 0 Å². The first-order valence-electron chi connectivity index (χ1n) is 10.4. The molecule has 0 spiro atoms. The first-order chi connectivity index (χ1) is 14.9. The van der Waals surface area contributed by atoms with Crippen LogP contribution in [0.1, 0.15) is 40.0 Å². The molecular weight excluding hydrogens is 401 g/mol. The Bertz CT molecular complexity index is 1050. The molecule has 1 aliphatic heterocycles. The number of benzene rings is 2. The van der Waals surface area contributed by atoms with Gasteiger partial charge in [0.1, 0.15) is 5.82 Å². The molecule has 158 valence electrons. The fourth-order valence-corrected chi connectivity index (χ4v) is 5.34. The van der Waals surface area contributed by atoms with Gasteiger partial charge in [0.05, 0.1) is 23.1 Å². The Balaban J connectivity index is 1.24. The Hall–Kier alpha value is -3.35. The van der Waals surface area contributed by atoms with Gasteiger partial charge in [-0.25, -0.2) is 9.18 Å². The number of hydrogen-bond donors (Lipinski definition) is 0. The third-order valence-electron chi connectivity index (χ3n) is 6.79. The summed E-state index contributed by atoms with van der Waals surface area (Å²) >= 11 is 0. The van der Waals surface area contributed by atoms with Crippen molar-refractivity contribution in [2.24, 2.45) is 23.7 Å². The molecule has 0 unspecified atom stereocenters. The summed E-state index contributed by atoms with van der Waals surface area (Å²) < 4.78 is 18.0. The standard InChI is InChI=1S/C24H20FNO5/c25-17-7-3-13(4-8-17)19(27)12-31-24(30)14-5-9-18(10-6-14)26-22(28)20-15-1-2-16(11-15)21(20)23(26)29/h3-10,15-16,20-21H,1-2,11-12H2/t15-,16-,20+,21+/m0/s1. The molecule has 5 rings (SSSR count). The first kappa shape index (κ1) is 19.6. The van der Waals surface area contributed by atoms with E-state index in [2.05, 4.69) is 0 Å². The average Bonchev–Trinajstić information content (AvgIpc) is 3.46. The predicted octanol–water partition coefficient (Wildman–Crippen LogP) is 3.40. The molecule has 2 bridgehead atoms. The molecule has 2 aliphatic carbocycles. The number of nitrogens with zero attached hydrogens (tertiary/aromatic N) is 1. The highest BCUT2D eigenvalue weighted by Crippen LogP contribution is 2.56. The molecule has 1 heterocycles. The lowest BCUT2D eigenvalue weighted by Gasteiger charge is -2.19. The van der Waals surface area contributed by atoms with Crippen molar-refractivity contribution in [2.45, 2.75) is 19.3 Å². The zero-order valence-corrected chi connectivity index (χ0v) is 16.6. The molecule has 2 amide bonds. The topological polar surface area (TPSA) is 80.8 Å². The predicted molar refractivity (Wildman–Crippen MR) is 108 cm³/mol. The van der Waals surface area contributed by atoms with E-state index in [1.807, 2.05) is 0 Å². The van der Waals surface area contributed by atoms with E-state index in [0.29, 0.717) is 17.5 Å². The minimum absolute atomic E-state index is 0.137. The second kappa shape index (κ2) is 7.41. The molecule has 1 saturated heterocycles. The molecule has 2 saturated carbocycles. The van der Waals surface area contributed by atoms with Crippen LogP contribution in [0.25, 0.3) is 0 Å². The number of hydrogen-bond acceptors (Lipinski definition) is 5. The van der Waals surface area contributed by atoms with Gasteiger partial charge in [-0.15, -0.1) is 0 Å². The molecule has 3 fully saturated rings. The van der Waals surface area contributed by atoms with Gasteiger partial charge in [0.15, 0.2) is 12.4 Å². The third kappa shape index (κ3) is 3.24. The van der Waals surface area contributed by atoms with Crippen molar-refractivity contribution in [3.63, 3.8) is 0 Å². The Kier molecular flexibility index (Phi) is 4.68. The van der Waals surface area contributed by atoms with E-state index in [9.17, 15) is 23.6 Å². The van der Waals surface area contributed by atoms with Crippen LogP contribution < -0.4 is 4.90 Å². The lowest BCUT2D eigenvalue weighted by atomic mass is 9.81. The third-order valence-corrected chi connectivity index (χ3v) is 6.79. The number of carbonyl (C=O) groups is 4. The molecule has 0 aromatic heterocycles. The summed E-state index contributed by atoms with van der Waals surface area (Å²) in [5, 5.41) is 0. The number of anilines is 1. The number of halogens is 1. The Morgan fingerprint density at radius 1 is 0.871 bits per heavy atom. The van der Waals surface area contributed by atoms with E-state index in [4.69, 9.17) is 4.74 Å². The zero-order valence-electron chi connectivity index (χ0n) is 16.6. The van der Waals surface area contributed by atoms with Gasteiger partial charge in [0.2, 0.25) is 11.8 Å². The van der Waals surface area contributed by atoms with Crippen LogP contribution in [0.3, 0.4) is 0 Å².